The highest BCUT2D eigenvalue weighted by molar-refractivity contribution is 6.35. The Kier molecular flexibility index (Phi) is 6.14. The van der Waals surface area contributed by atoms with Gasteiger partial charge in [0, 0.05) is 24.8 Å². The molecule has 0 spiro atoms. The van der Waals surface area contributed by atoms with Gasteiger partial charge >= 0.3 is 6.18 Å². The third-order valence-corrected chi connectivity index (χ3v) is 6.36. The summed E-state index contributed by atoms with van der Waals surface area (Å²) in [6.45, 7) is 3.71. The van der Waals surface area contributed by atoms with Crippen molar-refractivity contribution in [3.05, 3.63) is 62.6 Å². The number of pyridine rings is 1. The number of benzene rings is 1. The van der Waals surface area contributed by atoms with E-state index in [0.717, 1.165) is 17.7 Å². The van der Waals surface area contributed by atoms with Crippen LogP contribution in [0.3, 0.4) is 0 Å². The number of hydrogen-bond donors (Lipinski definition) is 1. The molecule has 35 heavy (non-hydrogen) atoms. The molecule has 4 rings (SSSR count). The fourth-order valence-electron chi connectivity index (χ4n) is 3.82. The number of terminal acetylenes is 1. The summed E-state index contributed by atoms with van der Waals surface area (Å²) in [7, 11) is 0. The quantitative estimate of drug-likeness (QED) is 0.338. The average Bonchev–Trinajstić information content (AvgIpc) is 3.41. The van der Waals surface area contributed by atoms with Crippen molar-refractivity contribution in [2.24, 2.45) is 5.16 Å². The van der Waals surface area contributed by atoms with Crippen LogP contribution in [-0.2, 0) is 23.5 Å². The average molecular weight is 529 g/mol. The van der Waals surface area contributed by atoms with E-state index in [0.29, 0.717) is 5.56 Å². The molecule has 0 aliphatic carbocycles. The molecule has 1 unspecified atom stereocenters. The van der Waals surface area contributed by atoms with E-state index in [1.807, 2.05) is 0 Å². The predicted octanol–water partition coefficient (Wildman–Crippen LogP) is 5.18. The van der Waals surface area contributed by atoms with Crippen LogP contribution >= 0.6 is 23.2 Å². The third kappa shape index (κ3) is 4.50. The van der Waals surface area contributed by atoms with Crippen LogP contribution in [0.1, 0.15) is 47.4 Å². The molecular formula is C23H18Cl2F4N4O2. The third-order valence-electron chi connectivity index (χ3n) is 5.81. The summed E-state index contributed by atoms with van der Waals surface area (Å²) >= 11 is 11.5. The van der Waals surface area contributed by atoms with E-state index < -0.39 is 51.1 Å². The predicted molar refractivity (Wildman–Crippen MR) is 121 cm³/mol. The summed E-state index contributed by atoms with van der Waals surface area (Å²) in [6, 6.07) is 3.23. The number of alkyl halides is 3. The lowest BCUT2D eigenvalue weighted by atomic mass is 9.89. The number of carbonyl (C=O) groups is 1. The molecule has 1 aromatic carbocycles. The van der Waals surface area contributed by atoms with Crippen molar-refractivity contribution < 1.29 is 27.2 Å². The summed E-state index contributed by atoms with van der Waals surface area (Å²) in [4.78, 5) is 23.2. The summed E-state index contributed by atoms with van der Waals surface area (Å²) in [5.41, 5.74) is -2.69. The Morgan fingerprint density at radius 1 is 1.20 bits per heavy atom. The molecule has 1 amide bonds. The summed E-state index contributed by atoms with van der Waals surface area (Å²) in [5, 5.41) is 5.26. The van der Waals surface area contributed by atoms with Crippen molar-refractivity contribution in [3.63, 3.8) is 0 Å². The van der Waals surface area contributed by atoms with Crippen LogP contribution in [0.25, 0.3) is 0 Å². The maximum atomic E-state index is 14.2. The number of aromatic nitrogens is 1. The van der Waals surface area contributed by atoms with Crippen LogP contribution in [-0.4, -0.2) is 33.3 Å². The zero-order chi connectivity index (χ0) is 25.8. The van der Waals surface area contributed by atoms with Gasteiger partial charge in [0.05, 0.1) is 22.0 Å². The minimum absolute atomic E-state index is 0.0227. The molecule has 2 aliphatic rings. The Morgan fingerprint density at radius 2 is 1.83 bits per heavy atom. The van der Waals surface area contributed by atoms with E-state index >= 15 is 0 Å². The van der Waals surface area contributed by atoms with E-state index in [1.165, 1.54) is 6.20 Å². The number of amidine groups is 1. The number of rotatable bonds is 3. The molecule has 1 atom stereocenters. The number of nitrogens with zero attached hydrogens (tertiary/aromatic N) is 3. The monoisotopic (exact) mass is 528 g/mol. The molecule has 184 valence electrons. The normalized spacial score (nSPS) is 19.6. The Balaban J connectivity index is 1.57. The van der Waals surface area contributed by atoms with E-state index in [4.69, 9.17) is 34.5 Å². The Morgan fingerprint density at radius 3 is 2.43 bits per heavy atom. The van der Waals surface area contributed by atoms with Crippen LogP contribution in [0, 0.1) is 18.2 Å². The standard InChI is InChI=1S/C23H18Cl2F4N4O2/c1-4-21(2,3)31-20(34)17-5-12-10-33(11-13(12)9-30-17)18-8-22(35-32-18,23(27,28)29)14-6-15(24)19(26)16(25)7-14/h1,5-7,9H,8,10-11H2,2-3H3,(H,31,34). The molecule has 6 nitrogen and oxygen atoms in total. The van der Waals surface area contributed by atoms with Crippen molar-refractivity contribution in [3.8, 4) is 12.3 Å². The second-order valence-corrected chi connectivity index (χ2v) is 9.59. The van der Waals surface area contributed by atoms with Gasteiger partial charge in [0.2, 0.25) is 0 Å². The molecule has 12 heteroatoms. The van der Waals surface area contributed by atoms with Crippen LogP contribution in [0.15, 0.2) is 29.6 Å². The molecule has 0 saturated heterocycles. The van der Waals surface area contributed by atoms with Gasteiger partial charge in [0.15, 0.2) is 5.82 Å². The smallest absolute Gasteiger partial charge is 0.372 e. The first-order valence-electron chi connectivity index (χ1n) is 10.3. The first-order chi connectivity index (χ1) is 16.3. The van der Waals surface area contributed by atoms with Gasteiger partial charge in [-0.1, -0.05) is 34.3 Å². The Labute approximate surface area is 208 Å². The zero-order valence-corrected chi connectivity index (χ0v) is 19.9. The van der Waals surface area contributed by atoms with Crippen molar-refractivity contribution in [2.75, 3.05) is 0 Å². The first-order valence-corrected chi connectivity index (χ1v) is 11.0. The highest BCUT2D eigenvalue weighted by Crippen LogP contribution is 2.50. The van der Waals surface area contributed by atoms with Crippen LogP contribution in [0.5, 0.6) is 0 Å². The van der Waals surface area contributed by atoms with Gasteiger partial charge in [0.25, 0.3) is 11.5 Å². The largest absolute Gasteiger partial charge is 0.435 e. The van der Waals surface area contributed by atoms with Crippen LogP contribution in [0.2, 0.25) is 10.0 Å². The summed E-state index contributed by atoms with van der Waals surface area (Å²) in [5.74, 6) is 0.976. The maximum Gasteiger partial charge on any atom is 0.435 e. The van der Waals surface area contributed by atoms with Gasteiger partial charge in [-0.15, -0.1) is 6.42 Å². The number of fused-ring (bicyclic) bond motifs is 1. The van der Waals surface area contributed by atoms with Crippen LogP contribution in [0.4, 0.5) is 17.6 Å². The van der Waals surface area contributed by atoms with E-state index in [1.54, 1.807) is 24.8 Å². The first kappa shape index (κ1) is 25.1. The topological polar surface area (TPSA) is 66.8 Å². The molecule has 0 radical (unpaired) electrons. The van der Waals surface area contributed by atoms with Gasteiger partial charge in [-0.3, -0.25) is 9.78 Å². The number of carbonyl (C=O) groups excluding carboxylic acids is 1. The molecule has 1 N–H and O–H groups in total. The minimum atomic E-state index is -4.91. The highest BCUT2D eigenvalue weighted by atomic mass is 35.5. The van der Waals surface area contributed by atoms with Crippen molar-refractivity contribution >= 4 is 34.9 Å². The highest BCUT2D eigenvalue weighted by Gasteiger charge is 2.63. The number of nitrogens with one attached hydrogen (secondary N) is 1. The van der Waals surface area contributed by atoms with Crippen molar-refractivity contribution in [2.45, 2.75) is 50.7 Å². The molecule has 2 aromatic rings. The van der Waals surface area contributed by atoms with Gasteiger partial charge < -0.3 is 15.1 Å². The SMILES string of the molecule is C#CC(C)(C)NC(=O)c1cc2c(cn1)CN(C1=NOC(c3cc(Cl)c(F)c(Cl)c3)(C(F)(F)F)C1)C2. The van der Waals surface area contributed by atoms with Crippen LogP contribution < -0.4 is 5.32 Å². The number of amides is 1. The lowest BCUT2D eigenvalue weighted by Gasteiger charge is -2.30. The van der Waals surface area contributed by atoms with Gasteiger partial charge in [0.1, 0.15) is 11.5 Å². The second kappa shape index (κ2) is 8.57. The maximum absolute atomic E-state index is 14.2. The molecule has 1 aromatic heterocycles. The van der Waals surface area contributed by atoms with Gasteiger partial charge in [-0.2, -0.15) is 13.2 Å². The van der Waals surface area contributed by atoms with Crippen molar-refractivity contribution in [1.29, 1.82) is 0 Å². The lowest BCUT2D eigenvalue weighted by molar-refractivity contribution is -0.275. The van der Waals surface area contributed by atoms with E-state index in [9.17, 15) is 22.4 Å². The number of oxime groups is 1. The molecule has 3 heterocycles. The molecule has 0 saturated carbocycles. The zero-order valence-electron chi connectivity index (χ0n) is 18.4. The molecular weight excluding hydrogens is 511 g/mol. The number of halogens is 6. The van der Waals surface area contributed by atoms with E-state index in [-0.39, 0.29) is 24.6 Å². The number of hydrogen-bond acceptors (Lipinski definition) is 5. The van der Waals surface area contributed by atoms with Gasteiger partial charge in [-0.05, 0) is 43.2 Å². The molecule has 2 aliphatic heterocycles. The fourth-order valence-corrected chi connectivity index (χ4v) is 4.31. The second-order valence-electron chi connectivity index (χ2n) is 8.77. The minimum Gasteiger partial charge on any atom is -0.372 e. The Bertz CT molecular complexity index is 1270. The lowest BCUT2D eigenvalue weighted by Crippen LogP contribution is -2.44. The molecule has 0 bridgehead atoms. The summed E-state index contributed by atoms with van der Waals surface area (Å²) in [6.07, 6.45) is 1.29. The summed E-state index contributed by atoms with van der Waals surface area (Å²) < 4.78 is 56.5. The van der Waals surface area contributed by atoms with Gasteiger partial charge in [-0.25, -0.2) is 4.39 Å². The van der Waals surface area contributed by atoms with E-state index in [2.05, 4.69) is 21.4 Å². The Hall–Kier alpha value is -3.03. The fraction of sp³-hybridized carbons (Fsp3) is 0.348. The van der Waals surface area contributed by atoms with Crippen molar-refractivity contribution in [1.82, 2.24) is 15.2 Å². The molecule has 0 fully saturated rings.